The fourth-order valence-corrected chi connectivity index (χ4v) is 5.27. The minimum atomic E-state index is -0.142. The third kappa shape index (κ3) is 4.37. The lowest BCUT2D eigenvalue weighted by Gasteiger charge is -2.28. The molecular weight excluding hydrogens is 518 g/mol. The van der Waals surface area contributed by atoms with Crippen molar-refractivity contribution in [3.63, 3.8) is 0 Å². The van der Waals surface area contributed by atoms with Gasteiger partial charge in [0.25, 0.3) is 0 Å². The first-order chi connectivity index (χ1) is 20.2. The third-order valence-electron chi connectivity index (χ3n) is 7.15. The van der Waals surface area contributed by atoms with Crippen molar-refractivity contribution >= 4 is 22.6 Å². The predicted octanol–water partition coefficient (Wildman–Crippen LogP) is 6.13. The molecule has 7 rings (SSSR count). The molecule has 0 saturated heterocycles. The lowest BCUT2D eigenvalue weighted by molar-refractivity contribution is 0.126. The highest BCUT2D eigenvalue weighted by Crippen LogP contribution is 2.50. The van der Waals surface area contributed by atoms with Crippen LogP contribution in [0.15, 0.2) is 96.4 Å². The summed E-state index contributed by atoms with van der Waals surface area (Å²) in [5.41, 5.74) is 4.48. The summed E-state index contributed by atoms with van der Waals surface area (Å²) < 4.78 is 18.8. The van der Waals surface area contributed by atoms with Crippen molar-refractivity contribution in [2.24, 2.45) is 5.16 Å². The zero-order valence-corrected chi connectivity index (χ0v) is 22.4. The number of hydrogen-bond donors (Lipinski definition) is 0. The van der Waals surface area contributed by atoms with E-state index in [9.17, 15) is 0 Å². The van der Waals surface area contributed by atoms with Crippen molar-refractivity contribution < 1.29 is 19.0 Å². The van der Waals surface area contributed by atoms with Gasteiger partial charge in [0.1, 0.15) is 12.1 Å². The van der Waals surface area contributed by atoms with Crippen molar-refractivity contribution in [2.75, 3.05) is 14.2 Å². The molecule has 3 heterocycles. The van der Waals surface area contributed by atoms with Gasteiger partial charge in [-0.25, -0.2) is 14.5 Å². The summed E-state index contributed by atoms with van der Waals surface area (Å²) >= 11 is 0. The summed E-state index contributed by atoms with van der Waals surface area (Å²) in [4.78, 5) is 15.0. The van der Waals surface area contributed by atoms with E-state index in [0.29, 0.717) is 28.9 Å². The maximum atomic E-state index is 6.48. The van der Waals surface area contributed by atoms with E-state index in [4.69, 9.17) is 24.0 Å². The first-order valence-corrected chi connectivity index (χ1v) is 13.1. The van der Waals surface area contributed by atoms with E-state index in [2.05, 4.69) is 51.6 Å². The number of rotatable bonds is 7. The fourth-order valence-electron chi connectivity index (χ4n) is 5.27. The number of fused-ring (bicyclic) bond motifs is 6. The van der Waals surface area contributed by atoms with E-state index < -0.39 is 0 Å². The normalized spacial score (nSPS) is 14.0. The van der Waals surface area contributed by atoms with Crippen LogP contribution in [0.25, 0.3) is 16.4 Å². The molecule has 0 amide bonds. The lowest BCUT2D eigenvalue weighted by atomic mass is 9.83. The van der Waals surface area contributed by atoms with E-state index in [1.807, 2.05) is 48.5 Å². The van der Waals surface area contributed by atoms with Gasteiger partial charge in [0.05, 0.1) is 26.0 Å². The maximum Gasteiger partial charge on any atom is 0.228 e. The number of benzene rings is 4. The van der Waals surface area contributed by atoms with E-state index in [0.717, 1.165) is 38.8 Å². The van der Waals surface area contributed by atoms with Crippen LogP contribution >= 0.6 is 0 Å². The molecule has 0 radical (unpaired) electrons. The summed E-state index contributed by atoms with van der Waals surface area (Å²) in [6.45, 7) is 0.0817. The van der Waals surface area contributed by atoms with Gasteiger partial charge < -0.3 is 19.0 Å². The number of methoxy groups -OCH3 is 2. The second-order valence-electron chi connectivity index (χ2n) is 9.53. The first-order valence-electron chi connectivity index (χ1n) is 13.1. The van der Waals surface area contributed by atoms with Gasteiger partial charge in [-0.3, -0.25) is 0 Å². The first kappa shape index (κ1) is 24.6. The highest BCUT2D eigenvalue weighted by atomic mass is 16.6. The van der Waals surface area contributed by atoms with Gasteiger partial charge in [0.2, 0.25) is 5.88 Å². The molecule has 1 atom stereocenters. The van der Waals surface area contributed by atoms with E-state index in [1.54, 1.807) is 31.3 Å². The molecule has 4 aromatic carbocycles. The summed E-state index contributed by atoms with van der Waals surface area (Å²) in [7, 11) is 3.18. The van der Waals surface area contributed by atoms with Gasteiger partial charge in [0.15, 0.2) is 29.6 Å². The number of oxime groups is 1. The molecule has 1 aliphatic rings. The zero-order valence-electron chi connectivity index (χ0n) is 22.4. The van der Waals surface area contributed by atoms with Gasteiger partial charge in [-0.2, -0.15) is 0 Å². The SMILES string of the molecule is COc1ccc(/C=N/OCc2nc3c4c(ncn3n2)Oc2c(ccc3ccccc23)C4c2ccccc2)cc1OC. The van der Waals surface area contributed by atoms with Crippen LogP contribution in [0.2, 0.25) is 0 Å². The molecule has 6 aromatic rings. The lowest BCUT2D eigenvalue weighted by Crippen LogP contribution is -2.15. The standard InChI is InChI=1S/C32H25N5O4/c1-38-25-15-12-20(16-26(25)39-2)17-34-40-18-27-35-31-29-28(22-9-4-3-5-10-22)24-14-13-21-8-6-7-11-23(21)30(24)41-32(29)33-19-37(31)36-27/h3-17,19,28H,18H2,1-2H3/b34-17+. The topological polar surface area (TPSA) is 92.4 Å². The summed E-state index contributed by atoms with van der Waals surface area (Å²) in [5, 5.41) is 10.8. The monoisotopic (exact) mass is 543 g/mol. The summed E-state index contributed by atoms with van der Waals surface area (Å²) in [6, 6.07) is 28.3. The smallest absolute Gasteiger partial charge is 0.228 e. The molecule has 0 N–H and O–H groups in total. The predicted molar refractivity (Wildman–Crippen MR) is 154 cm³/mol. The average Bonchev–Trinajstić information content (AvgIpc) is 3.45. The highest BCUT2D eigenvalue weighted by molar-refractivity contribution is 5.91. The molecule has 1 unspecified atom stereocenters. The molecule has 0 fully saturated rings. The van der Waals surface area contributed by atoms with Gasteiger partial charge in [-0.1, -0.05) is 71.9 Å². The molecule has 9 heteroatoms. The van der Waals surface area contributed by atoms with Crippen molar-refractivity contribution in [3.05, 3.63) is 119 Å². The van der Waals surface area contributed by atoms with Crippen LogP contribution in [-0.2, 0) is 11.4 Å². The summed E-state index contributed by atoms with van der Waals surface area (Å²) in [5.74, 6) is 2.92. The Labute approximate surface area is 235 Å². The molecule has 0 bridgehead atoms. The zero-order chi connectivity index (χ0) is 27.8. The van der Waals surface area contributed by atoms with Gasteiger partial charge in [-0.05, 0) is 29.1 Å². The Morgan fingerprint density at radius 2 is 1.76 bits per heavy atom. The Morgan fingerprint density at radius 1 is 0.927 bits per heavy atom. The molecule has 2 aromatic heterocycles. The Morgan fingerprint density at radius 3 is 2.61 bits per heavy atom. The average molecular weight is 544 g/mol. The number of nitrogens with zero attached hydrogens (tertiary/aromatic N) is 5. The molecule has 0 saturated carbocycles. The van der Waals surface area contributed by atoms with Crippen LogP contribution in [-0.4, -0.2) is 40.0 Å². The molecule has 0 aliphatic carbocycles. The van der Waals surface area contributed by atoms with Gasteiger partial charge in [-0.15, -0.1) is 5.10 Å². The van der Waals surface area contributed by atoms with Crippen LogP contribution < -0.4 is 14.2 Å². The molecule has 1 aliphatic heterocycles. The van der Waals surface area contributed by atoms with Gasteiger partial charge >= 0.3 is 0 Å². The second kappa shape index (κ2) is 10.3. The molecule has 202 valence electrons. The number of ether oxygens (including phenoxy) is 3. The van der Waals surface area contributed by atoms with Crippen molar-refractivity contribution in [1.82, 2.24) is 19.6 Å². The second-order valence-corrected chi connectivity index (χ2v) is 9.53. The van der Waals surface area contributed by atoms with Crippen molar-refractivity contribution in [1.29, 1.82) is 0 Å². The highest BCUT2D eigenvalue weighted by Gasteiger charge is 2.34. The number of aromatic nitrogens is 4. The minimum absolute atomic E-state index is 0.0817. The van der Waals surface area contributed by atoms with Crippen LogP contribution in [0, 0.1) is 0 Å². The third-order valence-corrected chi connectivity index (χ3v) is 7.15. The summed E-state index contributed by atoms with van der Waals surface area (Å²) in [6.07, 6.45) is 3.22. The van der Waals surface area contributed by atoms with Crippen molar-refractivity contribution in [2.45, 2.75) is 12.5 Å². The van der Waals surface area contributed by atoms with Gasteiger partial charge in [0, 0.05) is 22.4 Å². The maximum absolute atomic E-state index is 6.48. The Kier molecular flexibility index (Phi) is 6.16. The minimum Gasteiger partial charge on any atom is -0.493 e. The Bertz CT molecular complexity index is 1920. The van der Waals surface area contributed by atoms with E-state index >= 15 is 0 Å². The fraction of sp³-hybridized carbons (Fsp3) is 0.125. The Balaban J connectivity index is 1.23. The Hall–Kier alpha value is -5.44. The largest absolute Gasteiger partial charge is 0.493 e. The molecular formula is C32H25N5O4. The van der Waals surface area contributed by atoms with E-state index in [1.165, 1.54) is 0 Å². The van der Waals surface area contributed by atoms with Crippen LogP contribution in [0.3, 0.4) is 0 Å². The molecule has 41 heavy (non-hydrogen) atoms. The van der Waals surface area contributed by atoms with E-state index in [-0.39, 0.29) is 12.5 Å². The van der Waals surface area contributed by atoms with Crippen LogP contribution in [0.5, 0.6) is 23.1 Å². The quantitative estimate of drug-likeness (QED) is 0.176. The molecule has 9 nitrogen and oxygen atoms in total. The van der Waals surface area contributed by atoms with Crippen LogP contribution in [0.1, 0.15) is 34.0 Å². The van der Waals surface area contributed by atoms with Crippen LogP contribution in [0.4, 0.5) is 0 Å². The number of hydrogen-bond acceptors (Lipinski definition) is 8. The molecule has 0 spiro atoms. The van der Waals surface area contributed by atoms with Crippen molar-refractivity contribution in [3.8, 4) is 23.1 Å².